The Morgan fingerprint density at radius 2 is 1.65 bits per heavy atom. The Morgan fingerprint density at radius 1 is 0.971 bits per heavy atom. The molecule has 176 valence electrons. The molecule has 34 heavy (non-hydrogen) atoms. The van der Waals surface area contributed by atoms with Crippen LogP contribution in [0.3, 0.4) is 0 Å². The van der Waals surface area contributed by atoms with Crippen molar-refractivity contribution < 1.29 is 13.2 Å². The van der Waals surface area contributed by atoms with E-state index in [9.17, 15) is 8.42 Å². The molecule has 0 bridgehead atoms. The van der Waals surface area contributed by atoms with Gasteiger partial charge in [-0.2, -0.15) is 5.10 Å². The summed E-state index contributed by atoms with van der Waals surface area (Å²) in [5, 5.41) is 4.46. The monoisotopic (exact) mass is 497 g/mol. The molecule has 0 fully saturated rings. The molecule has 0 spiro atoms. The van der Waals surface area contributed by atoms with Crippen molar-refractivity contribution in [1.82, 2.24) is 19.7 Å². The van der Waals surface area contributed by atoms with Crippen LogP contribution in [0.2, 0.25) is 5.02 Å². The smallest absolute Gasteiger partial charge is 0.268 e. The minimum atomic E-state index is -3.92. The predicted molar refractivity (Wildman–Crippen MR) is 132 cm³/mol. The molecule has 0 amide bonds. The Hall–Kier alpha value is -3.43. The van der Waals surface area contributed by atoms with E-state index >= 15 is 0 Å². The van der Waals surface area contributed by atoms with Crippen LogP contribution in [0.25, 0.3) is 11.1 Å². The number of nitrogens with zero attached hydrogens (tertiary/aromatic N) is 5. The van der Waals surface area contributed by atoms with Crippen molar-refractivity contribution >= 4 is 27.4 Å². The SMILES string of the molecule is Cc1cc(C)c(Oc2cc(-c3cncc(Cl)c3)cnc2N(C)S(=O)(=O)c2cnn(C)c2)c(C)c1. The molecule has 4 rings (SSSR count). The molecule has 0 N–H and O–H groups in total. The first kappa shape index (κ1) is 23.7. The Kier molecular flexibility index (Phi) is 6.33. The molecule has 0 saturated carbocycles. The van der Waals surface area contributed by atoms with Gasteiger partial charge in [0.15, 0.2) is 11.6 Å². The highest BCUT2D eigenvalue weighted by Gasteiger charge is 2.27. The minimum Gasteiger partial charge on any atom is -0.453 e. The number of anilines is 1. The number of ether oxygens (including phenoxy) is 1. The highest BCUT2D eigenvalue weighted by atomic mass is 35.5. The van der Waals surface area contributed by atoms with Gasteiger partial charge in [-0.05, 0) is 44.0 Å². The third-order valence-electron chi connectivity index (χ3n) is 5.33. The third kappa shape index (κ3) is 4.62. The van der Waals surface area contributed by atoms with Crippen LogP contribution in [0.1, 0.15) is 16.7 Å². The maximum Gasteiger partial charge on any atom is 0.268 e. The van der Waals surface area contributed by atoms with Gasteiger partial charge in [0.25, 0.3) is 10.0 Å². The molecule has 0 aliphatic heterocycles. The quantitative estimate of drug-likeness (QED) is 0.369. The first-order valence-corrected chi connectivity index (χ1v) is 12.2. The Bertz CT molecular complexity index is 1460. The fourth-order valence-electron chi connectivity index (χ4n) is 3.72. The Morgan fingerprint density at radius 3 is 2.26 bits per heavy atom. The molecule has 0 atom stereocenters. The van der Waals surface area contributed by atoms with E-state index in [4.69, 9.17) is 16.3 Å². The summed E-state index contributed by atoms with van der Waals surface area (Å²) < 4.78 is 35.4. The predicted octanol–water partition coefficient (Wildman–Crippen LogP) is 5.07. The summed E-state index contributed by atoms with van der Waals surface area (Å²) in [6.07, 6.45) is 7.50. The van der Waals surface area contributed by atoms with Gasteiger partial charge < -0.3 is 4.74 Å². The summed E-state index contributed by atoms with van der Waals surface area (Å²) >= 11 is 6.12. The molecule has 4 aromatic rings. The maximum absolute atomic E-state index is 13.3. The largest absolute Gasteiger partial charge is 0.453 e. The number of sulfonamides is 1. The van der Waals surface area contributed by atoms with Crippen LogP contribution in [-0.4, -0.2) is 35.2 Å². The van der Waals surface area contributed by atoms with Crippen molar-refractivity contribution in [2.75, 3.05) is 11.4 Å². The number of halogens is 1. The molecule has 10 heteroatoms. The molecule has 0 aliphatic rings. The lowest BCUT2D eigenvalue weighted by Gasteiger charge is -2.22. The van der Waals surface area contributed by atoms with Crippen LogP contribution in [-0.2, 0) is 17.1 Å². The van der Waals surface area contributed by atoms with Crippen molar-refractivity contribution in [3.63, 3.8) is 0 Å². The second kappa shape index (κ2) is 9.08. The van der Waals surface area contributed by atoms with Gasteiger partial charge in [-0.15, -0.1) is 0 Å². The van der Waals surface area contributed by atoms with Crippen LogP contribution in [0.4, 0.5) is 5.82 Å². The molecule has 0 unspecified atom stereocenters. The van der Waals surface area contributed by atoms with E-state index in [2.05, 4.69) is 15.1 Å². The zero-order valence-corrected chi connectivity index (χ0v) is 21.0. The van der Waals surface area contributed by atoms with E-state index in [-0.39, 0.29) is 16.5 Å². The molecule has 3 aromatic heterocycles. The maximum atomic E-state index is 13.3. The van der Waals surface area contributed by atoms with Gasteiger partial charge in [0, 0.05) is 50.0 Å². The first-order valence-electron chi connectivity index (χ1n) is 10.4. The summed E-state index contributed by atoms with van der Waals surface area (Å²) in [4.78, 5) is 8.67. The van der Waals surface area contributed by atoms with Crippen LogP contribution in [0.15, 0.2) is 60.1 Å². The van der Waals surface area contributed by atoms with Crippen molar-refractivity contribution in [2.24, 2.45) is 7.05 Å². The highest BCUT2D eigenvalue weighted by Crippen LogP contribution is 2.38. The number of hydrogen-bond donors (Lipinski definition) is 0. The minimum absolute atomic E-state index is 0.0519. The van der Waals surface area contributed by atoms with Gasteiger partial charge >= 0.3 is 0 Å². The average Bonchev–Trinajstić information content (AvgIpc) is 3.23. The lowest BCUT2D eigenvalue weighted by atomic mass is 10.1. The van der Waals surface area contributed by atoms with E-state index < -0.39 is 10.0 Å². The van der Waals surface area contributed by atoms with E-state index in [1.54, 1.807) is 31.6 Å². The van der Waals surface area contributed by atoms with Gasteiger partial charge in [-0.1, -0.05) is 29.3 Å². The van der Waals surface area contributed by atoms with Gasteiger partial charge in [-0.3, -0.25) is 9.67 Å². The second-order valence-corrected chi connectivity index (χ2v) is 10.5. The summed E-state index contributed by atoms with van der Waals surface area (Å²) in [5.41, 5.74) is 4.37. The molecule has 0 saturated heterocycles. The fourth-order valence-corrected chi connectivity index (χ4v) is 5.04. The van der Waals surface area contributed by atoms with Gasteiger partial charge in [0.05, 0.1) is 11.2 Å². The van der Waals surface area contributed by atoms with Crippen LogP contribution < -0.4 is 9.04 Å². The third-order valence-corrected chi connectivity index (χ3v) is 7.23. The van der Waals surface area contributed by atoms with E-state index in [1.165, 1.54) is 30.3 Å². The summed E-state index contributed by atoms with van der Waals surface area (Å²) in [5.74, 6) is 1.06. The van der Waals surface area contributed by atoms with E-state index in [0.717, 1.165) is 26.6 Å². The van der Waals surface area contributed by atoms with E-state index in [1.807, 2.05) is 32.9 Å². The average molecular weight is 498 g/mol. The molecular formula is C24H24ClN5O3S. The standard InChI is InChI=1S/C24H24ClN5O3S/c1-15-6-16(2)23(17(3)7-15)33-22-9-19(18-8-20(25)12-26-10-18)11-27-24(22)30(5)34(31,32)21-13-28-29(4)14-21/h6-14H,1-5H3. The van der Waals surface area contributed by atoms with Gasteiger partial charge in [0.1, 0.15) is 10.6 Å². The zero-order chi connectivity index (χ0) is 24.6. The van der Waals surface area contributed by atoms with Crippen LogP contribution in [0, 0.1) is 20.8 Å². The zero-order valence-electron chi connectivity index (χ0n) is 19.4. The lowest BCUT2D eigenvalue weighted by molar-refractivity contribution is 0.473. The molecule has 0 radical (unpaired) electrons. The van der Waals surface area contributed by atoms with Crippen molar-refractivity contribution in [3.8, 4) is 22.6 Å². The number of aromatic nitrogens is 4. The molecule has 8 nitrogen and oxygen atoms in total. The molecule has 3 heterocycles. The van der Waals surface area contributed by atoms with Crippen molar-refractivity contribution in [2.45, 2.75) is 25.7 Å². The van der Waals surface area contributed by atoms with Crippen molar-refractivity contribution in [3.05, 3.63) is 77.0 Å². The molecular weight excluding hydrogens is 474 g/mol. The number of rotatable bonds is 6. The van der Waals surface area contributed by atoms with Gasteiger partial charge in [-0.25, -0.2) is 17.7 Å². The van der Waals surface area contributed by atoms with Gasteiger partial charge in [0.2, 0.25) is 0 Å². The highest BCUT2D eigenvalue weighted by molar-refractivity contribution is 7.92. The second-order valence-electron chi connectivity index (χ2n) is 8.09. The number of aryl methyl sites for hydroxylation is 4. The van der Waals surface area contributed by atoms with E-state index in [0.29, 0.717) is 16.3 Å². The molecule has 0 aliphatic carbocycles. The lowest BCUT2D eigenvalue weighted by Crippen LogP contribution is -2.27. The summed E-state index contributed by atoms with van der Waals surface area (Å²) in [6.45, 7) is 5.91. The summed E-state index contributed by atoms with van der Waals surface area (Å²) in [6, 6.07) is 7.52. The Labute approximate surface area is 203 Å². The normalized spacial score (nSPS) is 11.5. The topological polar surface area (TPSA) is 90.2 Å². The number of hydrogen-bond acceptors (Lipinski definition) is 6. The first-order chi connectivity index (χ1) is 16.1. The number of pyridine rings is 2. The number of benzene rings is 1. The Balaban J connectivity index is 1.86. The van der Waals surface area contributed by atoms with Crippen LogP contribution >= 0.6 is 11.6 Å². The van der Waals surface area contributed by atoms with Crippen LogP contribution in [0.5, 0.6) is 11.5 Å². The molecule has 1 aromatic carbocycles. The fraction of sp³-hybridized carbons (Fsp3) is 0.208. The van der Waals surface area contributed by atoms with Crippen molar-refractivity contribution in [1.29, 1.82) is 0 Å². The summed E-state index contributed by atoms with van der Waals surface area (Å²) in [7, 11) is -0.830.